The molecule has 25 heavy (non-hydrogen) atoms. The molecular weight excluding hydrogens is 312 g/mol. The standard InChI is InChI=1S/C21H24N2O2/c1-16(2)20-21(25-15-18-11-7-4-8-12-18)22-13-19(23-20)24-14-17-9-5-3-6-10-17/h3-12,16,20H,13-15H2,1-2H3/t20-/m0/s1. The van der Waals surface area contributed by atoms with Crippen LogP contribution in [0.1, 0.15) is 25.0 Å². The molecule has 0 spiro atoms. The van der Waals surface area contributed by atoms with Gasteiger partial charge in [0.2, 0.25) is 11.8 Å². The first-order valence-electron chi connectivity index (χ1n) is 8.67. The van der Waals surface area contributed by atoms with E-state index in [-0.39, 0.29) is 6.04 Å². The second-order valence-corrected chi connectivity index (χ2v) is 6.41. The second kappa shape index (κ2) is 8.47. The van der Waals surface area contributed by atoms with E-state index < -0.39 is 0 Å². The van der Waals surface area contributed by atoms with Gasteiger partial charge >= 0.3 is 0 Å². The van der Waals surface area contributed by atoms with Gasteiger partial charge in [-0.1, -0.05) is 74.5 Å². The number of nitrogens with zero attached hydrogens (tertiary/aromatic N) is 2. The minimum Gasteiger partial charge on any atom is -0.475 e. The van der Waals surface area contributed by atoms with Crippen molar-refractivity contribution in [2.75, 3.05) is 6.54 Å². The Morgan fingerprint density at radius 1 is 0.880 bits per heavy atom. The third-order valence-electron chi connectivity index (χ3n) is 4.02. The molecule has 0 radical (unpaired) electrons. The molecular formula is C21H24N2O2. The van der Waals surface area contributed by atoms with Crippen molar-refractivity contribution in [2.24, 2.45) is 15.9 Å². The van der Waals surface area contributed by atoms with E-state index in [0.29, 0.717) is 37.5 Å². The average molecular weight is 336 g/mol. The van der Waals surface area contributed by atoms with Crippen molar-refractivity contribution in [3.63, 3.8) is 0 Å². The first-order valence-corrected chi connectivity index (χ1v) is 8.67. The third kappa shape index (κ3) is 4.92. The van der Waals surface area contributed by atoms with Crippen LogP contribution in [0.15, 0.2) is 70.6 Å². The zero-order valence-corrected chi connectivity index (χ0v) is 14.8. The molecule has 0 bridgehead atoms. The smallest absolute Gasteiger partial charge is 0.210 e. The van der Waals surface area contributed by atoms with Crippen LogP contribution in [-0.2, 0) is 22.7 Å². The predicted molar refractivity (Wildman–Crippen MR) is 101 cm³/mol. The van der Waals surface area contributed by atoms with Gasteiger partial charge in [-0.15, -0.1) is 0 Å². The number of aliphatic imine (C=N–C) groups is 2. The van der Waals surface area contributed by atoms with Crippen molar-refractivity contribution in [2.45, 2.75) is 33.1 Å². The van der Waals surface area contributed by atoms with E-state index in [2.05, 4.69) is 18.8 Å². The summed E-state index contributed by atoms with van der Waals surface area (Å²) in [6.45, 7) is 5.70. The summed E-state index contributed by atoms with van der Waals surface area (Å²) < 4.78 is 11.8. The zero-order chi connectivity index (χ0) is 17.5. The number of ether oxygens (including phenoxy) is 2. The van der Waals surface area contributed by atoms with Gasteiger partial charge in [0.25, 0.3) is 0 Å². The molecule has 130 valence electrons. The highest BCUT2D eigenvalue weighted by Gasteiger charge is 2.26. The van der Waals surface area contributed by atoms with Gasteiger partial charge in [0.1, 0.15) is 25.8 Å². The van der Waals surface area contributed by atoms with Gasteiger partial charge in [0.05, 0.1) is 0 Å². The summed E-state index contributed by atoms with van der Waals surface area (Å²) in [6.07, 6.45) is 0. The van der Waals surface area contributed by atoms with Gasteiger partial charge in [-0.2, -0.15) is 0 Å². The van der Waals surface area contributed by atoms with Crippen LogP contribution in [0.25, 0.3) is 0 Å². The molecule has 4 nitrogen and oxygen atoms in total. The van der Waals surface area contributed by atoms with E-state index in [9.17, 15) is 0 Å². The van der Waals surface area contributed by atoms with Crippen LogP contribution in [0, 0.1) is 5.92 Å². The Balaban J connectivity index is 1.60. The summed E-state index contributed by atoms with van der Waals surface area (Å²) in [5, 5.41) is 0. The number of benzene rings is 2. The fourth-order valence-electron chi connectivity index (χ4n) is 2.61. The maximum atomic E-state index is 5.94. The summed E-state index contributed by atoms with van der Waals surface area (Å²) in [4.78, 5) is 9.31. The molecule has 0 unspecified atom stereocenters. The Labute approximate surface area is 149 Å². The maximum Gasteiger partial charge on any atom is 0.210 e. The van der Waals surface area contributed by atoms with Crippen LogP contribution >= 0.6 is 0 Å². The quantitative estimate of drug-likeness (QED) is 0.819. The molecule has 1 heterocycles. The molecule has 1 aliphatic rings. The Morgan fingerprint density at radius 3 is 2.00 bits per heavy atom. The maximum absolute atomic E-state index is 5.94. The molecule has 2 aromatic carbocycles. The zero-order valence-electron chi connectivity index (χ0n) is 14.8. The average Bonchev–Trinajstić information content (AvgIpc) is 2.66. The fourth-order valence-corrected chi connectivity index (χ4v) is 2.61. The monoisotopic (exact) mass is 336 g/mol. The number of hydrogen-bond donors (Lipinski definition) is 0. The Morgan fingerprint density at radius 2 is 1.44 bits per heavy atom. The molecule has 4 heteroatoms. The van der Waals surface area contributed by atoms with Crippen LogP contribution in [0.5, 0.6) is 0 Å². The molecule has 0 aromatic heterocycles. The predicted octanol–water partition coefficient (Wildman–Crippen LogP) is 4.26. The second-order valence-electron chi connectivity index (χ2n) is 6.41. The lowest BCUT2D eigenvalue weighted by Gasteiger charge is -2.24. The van der Waals surface area contributed by atoms with Gasteiger partial charge in [-0.3, -0.25) is 0 Å². The van der Waals surface area contributed by atoms with E-state index in [1.165, 1.54) is 0 Å². The Hall–Kier alpha value is -2.62. The van der Waals surface area contributed by atoms with Crippen molar-refractivity contribution < 1.29 is 9.47 Å². The van der Waals surface area contributed by atoms with Gasteiger partial charge < -0.3 is 9.47 Å². The molecule has 0 saturated heterocycles. The van der Waals surface area contributed by atoms with Crippen LogP contribution in [0.3, 0.4) is 0 Å². The highest BCUT2D eigenvalue weighted by Crippen LogP contribution is 2.16. The molecule has 0 fully saturated rings. The largest absolute Gasteiger partial charge is 0.475 e. The van der Waals surface area contributed by atoms with Crippen LogP contribution in [0.2, 0.25) is 0 Å². The molecule has 0 N–H and O–H groups in total. The van der Waals surface area contributed by atoms with E-state index >= 15 is 0 Å². The summed E-state index contributed by atoms with van der Waals surface area (Å²) in [7, 11) is 0. The Bertz CT molecular complexity index is 724. The van der Waals surface area contributed by atoms with Gasteiger partial charge in [0.15, 0.2) is 0 Å². The van der Waals surface area contributed by atoms with E-state index in [1.807, 2.05) is 60.7 Å². The van der Waals surface area contributed by atoms with E-state index in [0.717, 1.165) is 11.1 Å². The van der Waals surface area contributed by atoms with Crippen LogP contribution in [0.4, 0.5) is 0 Å². The SMILES string of the molecule is CC(C)[C@@H]1N=C(OCc2ccccc2)CN=C1OCc1ccccc1. The molecule has 1 atom stereocenters. The third-order valence-corrected chi connectivity index (χ3v) is 4.02. The first kappa shape index (κ1) is 17.2. The summed E-state index contributed by atoms with van der Waals surface area (Å²) in [5.41, 5.74) is 2.25. The van der Waals surface area contributed by atoms with Crippen molar-refractivity contribution in [1.82, 2.24) is 0 Å². The molecule has 2 aromatic rings. The Kier molecular flexibility index (Phi) is 5.83. The lowest BCUT2D eigenvalue weighted by molar-refractivity contribution is 0.255. The molecule has 0 aliphatic carbocycles. The normalized spacial score (nSPS) is 17.0. The lowest BCUT2D eigenvalue weighted by Crippen LogP contribution is -2.33. The first-order chi connectivity index (χ1) is 12.2. The number of rotatable bonds is 5. The van der Waals surface area contributed by atoms with Crippen molar-refractivity contribution >= 4 is 11.8 Å². The van der Waals surface area contributed by atoms with Gasteiger partial charge in [0, 0.05) is 0 Å². The van der Waals surface area contributed by atoms with Gasteiger partial charge in [-0.05, 0) is 17.0 Å². The summed E-state index contributed by atoms with van der Waals surface area (Å²) in [6, 6.07) is 20.1. The minimum atomic E-state index is -0.0942. The summed E-state index contributed by atoms with van der Waals surface area (Å²) in [5.74, 6) is 1.67. The lowest BCUT2D eigenvalue weighted by atomic mass is 10.0. The molecule has 0 saturated carbocycles. The highest BCUT2D eigenvalue weighted by atomic mass is 16.5. The van der Waals surface area contributed by atoms with Crippen LogP contribution < -0.4 is 0 Å². The fraction of sp³-hybridized carbons (Fsp3) is 0.333. The topological polar surface area (TPSA) is 43.2 Å². The van der Waals surface area contributed by atoms with Crippen LogP contribution in [-0.4, -0.2) is 24.4 Å². The van der Waals surface area contributed by atoms with Crippen molar-refractivity contribution in [3.05, 3.63) is 71.8 Å². The van der Waals surface area contributed by atoms with Crippen molar-refractivity contribution in [1.29, 1.82) is 0 Å². The van der Waals surface area contributed by atoms with Gasteiger partial charge in [-0.25, -0.2) is 9.98 Å². The van der Waals surface area contributed by atoms with E-state index in [1.54, 1.807) is 0 Å². The number of hydrogen-bond acceptors (Lipinski definition) is 4. The summed E-state index contributed by atoms with van der Waals surface area (Å²) >= 11 is 0. The van der Waals surface area contributed by atoms with E-state index in [4.69, 9.17) is 14.5 Å². The molecule has 1 aliphatic heterocycles. The minimum absolute atomic E-state index is 0.0942. The highest BCUT2D eigenvalue weighted by molar-refractivity contribution is 5.92. The van der Waals surface area contributed by atoms with Crippen molar-refractivity contribution in [3.8, 4) is 0 Å². The molecule has 0 amide bonds. The molecule has 3 rings (SSSR count).